The topological polar surface area (TPSA) is 63.6 Å². The van der Waals surface area contributed by atoms with E-state index in [-0.39, 0.29) is 5.91 Å². The highest BCUT2D eigenvalue weighted by Gasteiger charge is 2.26. The third-order valence-corrected chi connectivity index (χ3v) is 3.84. The lowest BCUT2D eigenvalue weighted by Gasteiger charge is -2.10. The van der Waals surface area contributed by atoms with Gasteiger partial charge in [0.25, 0.3) is 5.91 Å². The average Bonchev–Trinajstić information content (AvgIpc) is 2.75. The number of hydrogen-bond acceptors (Lipinski definition) is 4. The molecule has 6 heteroatoms. The number of hydrogen-bond donors (Lipinski definition) is 1. The standard InChI is InChI=1S/C18H29N3O3/c1-7-11-21-14(4)15(13(3)16(21)18(23)24-8-2)17(22)19-10-9-12-20(5)6/h7H,1,8-12H2,2-6H3,(H,19,22). The molecule has 6 nitrogen and oxygen atoms in total. The van der Waals surface area contributed by atoms with Gasteiger partial charge in [0.05, 0.1) is 12.2 Å². The van der Waals surface area contributed by atoms with Gasteiger partial charge < -0.3 is 19.5 Å². The van der Waals surface area contributed by atoms with Gasteiger partial charge in [-0.05, 0) is 53.4 Å². The number of amides is 1. The van der Waals surface area contributed by atoms with Crippen LogP contribution in [0.5, 0.6) is 0 Å². The van der Waals surface area contributed by atoms with E-state index >= 15 is 0 Å². The highest BCUT2D eigenvalue weighted by molar-refractivity contribution is 6.01. The van der Waals surface area contributed by atoms with Crippen molar-refractivity contribution in [3.05, 3.63) is 35.2 Å². The van der Waals surface area contributed by atoms with Crippen molar-refractivity contribution >= 4 is 11.9 Å². The fourth-order valence-corrected chi connectivity index (χ4v) is 2.74. The highest BCUT2D eigenvalue weighted by atomic mass is 16.5. The summed E-state index contributed by atoms with van der Waals surface area (Å²) in [7, 11) is 3.99. The van der Waals surface area contributed by atoms with Crippen molar-refractivity contribution in [3.63, 3.8) is 0 Å². The summed E-state index contributed by atoms with van der Waals surface area (Å²) in [6.07, 6.45) is 2.57. The number of ether oxygens (including phenoxy) is 1. The number of esters is 1. The predicted molar refractivity (Wildman–Crippen MR) is 95.6 cm³/mol. The summed E-state index contributed by atoms with van der Waals surface area (Å²) >= 11 is 0. The molecule has 0 atom stereocenters. The van der Waals surface area contributed by atoms with E-state index in [2.05, 4.69) is 16.8 Å². The number of allylic oxidation sites excluding steroid dienone is 1. The van der Waals surface area contributed by atoms with Gasteiger partial charge in [-0.25, -0.2) is 4.79 Å². The SMILES string of the molecule is C=CCn1c(C)c(C(=O)NCCCN(C)C)c(C)c1C(=O)OCC. The first kappa shape index (κ1) is 20.0. The van der Waals surface area contributed by atoms with Crippen molar-refractivity contribution in [2.24, 2.45) is 0 Å². The van der Waals surface area contributed by atoms with Crippen molar-refractivity contribution < 1.29 is 14.3 Å². The quantitative estimate of drug-likeness (QED) is 0.427. The Balaban J connectivity index is 3.06. The van der Waals surface area contributed by atoms with E-state index in [0.717, 1.165) is 18.7 Å². The lowest BCUT2D eigenvalue weighted by Crippen LogP contribution is -2.28. The summed E-state index contributed by atoms with van der Waals surface area (Å²) in [5.74, 6) is -0.566. The number of nitrogens with zero attached hydrogens (tertiary/aromatic N) is 2. The number of carbonyl (C=O) groups excluding carboxylic acids is 2. The van der Waals surface area contributed by atoms with Crippen molar-refractivity contribution in [2.45, 2.75) is 33.7 Å². The molecule has 0 aliphatic rings. The Labute approximate surface area is 144 Å². The normalized spacial score (nSPS) is 10.8. The molecule has 24 heavy (non-hydrogen) atoms. The third kappa shape index (κ3) is 4.71. The van der Waals surface area contributed by atoms with Crippen LogP contribution in [0.2, 0.25) is 0 Å². The van der Waals surface area contributed by atoms with Crippen LogP contribution in [0, 0.1) is 13.8 Å². The Bertz CT molecular complexity index is 603. The van der Waals surface area contributed by atoms with Gasteiger partial charge >= 0.3 is 5.97 Å². The number of aromatic nitrogens is 1. The van der Waals surface area contributed by atoms with Gasteiger partial charge in [-0.1, -0.05) is 6.08 Å². The Morgan fingerprint density at radius 2 is 2.00 bits per heavy atom. The molecule has 0 aliphatic carbocycles. The molecule has 0 aromatic carbocycles. The van der Waals surface area contributed by atoms with Crippen molar-refractivity contribution in [2.75, 3.05) is 33.8 Å². The zero-order valence-electron chi connectivity index (χ0n) is 15.4. The first-order valence-corrected chi connectivity index (χ1v) is 8.25. The molecule has 0 radical (unpaired) electrons. The van der Waals surface area contributed by atoms with Crippen LogP contribution in [0.4, 0.5) is 0 Å². The molecular formula is C18H29N3O3. The maximum Gasteiger partial charge on any atom is 0.355 e. The molecule has 0 fully saturated rings. The van der Waals surface area contributed by atoms with Gasteiger partial charge in [0.2, 0.25) is 0 Å². The molecule has 0 bridgehead atoms. The van der Waals surface area contributed by atoms with Crippen molar-refractivity contribution in [1.29, 1.82) is 0 Å². The molecule has 0 spiro atoms. The van der Waals surface area contributed by atoms with Crippen LogP contribution < -0.4 is 5.32 Å². The van der Waals surface area contributed by atoms with E-state index < -0.39 is 5.97 Å². The van der Waals surface area contributed by atoms with Crippen LogP contribution in [0.3, 0.4) is 0 Å². The lowest BCUT2D eigenvalue weighted by molar-refractivity contribution is 0.0513. The van der Waals surface area contributed by atoms with E-state index in [4.69, 9.17) is 4.74 Å². The van der Waals surface area contributed by atoms with Crippen LogP contribution in [-0.4, -0.2) is 55.1 Å². The highest BCUT2D eigenvalue weighted by Crippen LogP contribution is 2.23. The van der Waals surface area contributed by atoms with Gasteiger partial charge in [-0.3, -0.25) is 4.79 Å². The molecule has 1 N–H and O–H groups in total. The van der Waals surface area contributed by atoms with Crippen LogP contribution in [-0.2, 0) is 11.3 Å². The Hall–Kier alpha value is -2.08. The zero-order valence-corrected chi connectivity index (χ0v) is 15.4. The van der Waals surface area contributed by atoms with Crippen LogP contribution >= 0.6 is 0 Å². The molecule has 0 unspecified atom stereocenters. The summed E-state index contributed by atoms with van der Waals surface area (Å²) in [4.78, 5) is 26.9. The van der Waals surface area contributed by atoms with Gasteiger partial charge in [0.1, 0.15) is 5.69 Å². The van der Waals surface area contributed by atoms with Crippen molar-refractivity contribution in [1.82, 2.24) is 14.8 Å². The van der Waals surface area contributed by atoms with E-state index in [9.17, 15) is 9.59 Å². The molecule has 1 heterocycles. The van der Waals surface area contributed by atoms with E-state index in [1.54, 1.807) is 24.5 Å². The Morgan fingerprint density at radius 3 is 2.54 bits per heavy atom. The van der Waals surface area contributed by atoms with Gasteiger partial charge in [0, 0.05) is 18.8 Å². The minimum absolute atomic E-state index is 0.155. The predicted octanol–water partition coefficient (Wildman–Crippen LogP) is 2.15. The fourth-order valence-electron chi connectivity index (χ4n) is 2.74. The van der Waals surface area contributed by atoms with E-state index in [1.165, 1.54) is 0 Å². The molecule has 0 saturated carbocycles. The second kappa shape index (κ2) is 9.27. The molecule has 1 aromatic heterocycles. The minimum atomic E-state index is -0.411. The minimum Gasteiger partial charge on any atom is -0.461 e. The van der Waals surface area contributed by atoms with E-state index in [1.807, 2.05) is 21.0 Å². The molecule has 0 saturated heterocycles. The average molecular weight is 335 g/mol. The summed E-state index contributed by atoms with van der Waals surface area (Å²) in [6.45, 7) is 11.4. The second-order valence-corrected chi connectivity index (χ2v) is 5.97. The monoisotopic (exact) mass is 335 g/mol. The first-order chi connectivity index (χ1) is 11.3. The lowest BCUT2D eigenvalue weighted by atomic mass is 10.1. The van der Waals surface area contributed by atoms with Gasteiger partial charge in [-0.15, -0.1) is 6.58 Å². The molecule has 134 valence electrons. The number of carbonyl (C=O) groups is 2. The zero-order chi connectivity index (χ0) is 18.3. The maximum atomic E-state index is 12.6. The molecular weight excluding hydrogens is 306 g/mol. The number of nitrogens with one attached hydrogen (secondary N) is 1. The van der Waals surface area contributed by atoms with Crippen LogP contribution in [0.1, 0.15) is 45.4 Å². The van der Waals surface area contributed by atoms with Crippen molar-refractivity contribution in [3.8, 4) is 0 Å². The van der Waals surface area contributed by atoms with Gasteiger partial charge in [-0.2, -0.15) is 0 Å². The van der Waals surface area contributed by atoms with Crippen LogP contribution in [0.15, 0.2) is 12.7 Å². The Morgan fingerprint density at radius 1 is 1.33 bits per heavy atom. The maximum absolute atomic E-state index is 12.6. The summed E-state index contributed by atoms with van der Waals surface area (Å²) in [6, 6.07) is 0. The third-order valence-electron chi connectivity index (χ3n) is 3.84. The molecule has 1 amide bonds. The Kier molecular flexibility index (Phi) is 7.71. The molecule has 1 rings (SSSR count). The van der Waals surface area contributed by atoms with E-state index in [0.29, 0.717) is 36.5 Å². The molecule has 0 aliphatic heterocycles. The largest absolute Gasteiger partial charge is 0.461 e. The van der Waals surface area contributed by atoms with Crippen LogP contribution in [0.25, 0.3) is 0 Å². The first-order valence-electron chi connectivity index (χ1n) is 8.25. The summed E-state index contributed by atoms with van der Waals surface area (Å²) in [5.41, 5.74) is 2.37. The fraction of sp³-hybridized carbons (Fsp3) is 0.556. The second-order valence-electron chi connectivity index (χ2n) is 5.97. The molecule has 1 aromatic rings. The summed E-state index contributed by atoms with van der Waals surface area (Å²) in [5, 5.41) is 2.93. The smallest absolute Gasteiger partial charge is 0.355 e. The summed E-state index contributed by atoms with van der Waals surface area (Å²) < 4.78 is 6.92. The number of rotatable bonds is 9. The van der Waals surface area contributed by atoms with Gasteiger partial charge in [0.15, 0.2) is 0 Å².